The Morgan fingerprint density at radius 3 is 2.88 bits per heavy atom. The molecule has 4 rings (SSSR count). The number of fused-ring (bicyclic) bond motifs is 1. The minimum Gasteiger partial charge on any atom is -0.378 e. The number of ether oxygens (including phenoxy) is 2. The maximum Gasteiger partial charge on any atom is 0.232 e. The summed E-state index contributed by atoms with van der Waals surface area (Å²) in [4.78, 5) is 17.5. The summed E-state index contributed by atoms with van der Waals surface area (Å²) in [5, 5.41) is 0. The minimum absolute atomic E-state index is 0.00612. The highest BCUT2D eigenvalue weighted by Gasteiger charge is 2.54. The van der Waals surface area contributed by atoms with E-state index in [-0.39, 0.29) is 17.8 Å². The number of hydrogen-bond donors (Lipinski definition) is 0. The normalized spacial score (nSPS) is 30.3. The van der Waals surface area contributed by atoms with Crippen LogP contribution in [-0.2, 0) is 20.8 Å². The number of amides is 1. The molecule has 3 saturated heterocycles. The topological polar surface area (TPSA) is 42.0 Å². The Balaban J connectivity index is 1.51. The Morgan fingerprint density at radius 2 is 2.08 bits per heavy atom. The van der Waals surface area contributed by atoms with Crippen LogP contribution in [0.4, 0.5) is 4.39 Å². The van der Waals surface area contributed by atoms with E-state index in [4.69, 9.17) is 9.47 Å². The van der Waals surface area contributed by atoms with E-state index < -0.39 is 5.41 Å². The van der Waals surface area contributed by atoms with Gasteiger partial charge in [0.05, 0.1) is 24.7 Å². The third-order valence-corrected chi connectivity index (χ3v) is 5.72. The first kappa shape index (κ1) is 16.9. The van der Waals surface area contributed by atoms with Crippen LogP contribution < -0.4 is 0 Å². The number of halogens is 1. The van der Waals surface area contributed by atoms with E-state index in [1.807, 2.05) is 11.0 Å². The second-order valence-electron chi connectivity index (χ2n) is 7.30. The van der Waals surface area contributed by atoms with Crippen molar-refractivity contribution >= 4 is 5.91 Å². The Labute approximate surface area is 147 Å². The average Bonchev–Trinajstić information content (AvgIpc) is 3.06. The van der Waals surface area contributed by atoms with Gasteiger partial charge in [0.1, 0.15) is 5.82 Å². The maximum atomic E-state index is 13.5. The predicted molar refractivity (Wildman–Crippen MR) is 90.5 cm³/mol. The van der Waals surface area contributed by atoms with Gasteiger partial charge < -0.3 is 14.4 Å². The molecule has 3 fully saturated rings. The van der Waals surface area contributed by atoms with Crippen LogP contribution in [-0.4, -0.2) is 67.8 Å². The summed E-state index contributed by atoms with van der Waals surface area (Å²) in [5.41, 5.74) is 0.495. The Morgan fingerprint density at radius 1 is 1.24 bits per heavy atom. The van der Waals surface area contributed by atoms with Crippen LogP contribution in [0, 0.1) is 11.2 Å². The molecule has 0 unspecified atom stereocenters. The molecule has 2 atom stereocenters. The number of piperidine rings is 1. The summed E-state index contributed by atoms with van der Waals surface area (Å²) in [6.07, 6.45) is 1.63. The fourth-order valence-electron chi connectivity index (χ4n) is 4.44. The van der Waals surface area contributed by atoms with Crippen molar-refractivity contribution in [2.75, 3.05) is 46.0 Å². The number of carbonyl (C=O) groups is 1. The fraction of sp³-hybridized carbons (Fsp3) is 0.632. The van der Waals surface area contributed by atoms with Crippen molar-refractivity contribution in [3.8, 4) is 0 Å². The van der Waals surface area contributed by atoms with Crippen molar-refractivity contribution in [2.45, 2.75) is 25.5 Å². The molecule has 0 aromatic heterocycles. The highest BCUT2D eigenvalue weighted by atomic mass is 19.1. The van der Waals surface area contributed by atoms with Gasteiger partial charge in [0.2, 0.25) is 5.91 Å². The lowest BCUT2D eigenvalue weighted by atomic mass is 9.75. The molecule has 136 valence electrons. The first-order valence-corrected chi connectivity index (χ1v) is 9.13. The first-order valence-electron chi connectivity index (χ1n) is 9.13. The molecule has 0 spiro atoms. The smallest absolute Gasteiger partial charge is 0.232 e. The zero-order valence-corrected chi connectivity index (χ0v) is 14.5. The first-order chi connectivity index (χ1) is 12.2. The van der Waals surface area contributed by atoms with Crippen molar-refractivity contribution in [3.63, 3.8) is 0 Å². The third-order valence-electron chi connectivity index (χ3n) is 5.72. The molecule has 0 aliphatic carbocycles. The van der Waals surface area contributed by atoms with Crippen LogP contribution in [0.15, 0.2) is 24.3 Å². The Kier molecular flexibility index (Phi) is 4.75. The number of carbonyl (C=O) groups excluding carboxylic acids is 1. The molecule has 1 amide bonds. The molecule has 3 heterocycles. The Hall–Kier alpha value is -1.50. The van der Waals surface area contributed by atoms with E-state index >= 15 is 0 Å². The van der Waals surface area contributed by atoms with Crippen molar-refractivity contribution in [2.24, 2.45) is 5.41 Å². The van der Waals surface area contributed by atoms with Gasteiger partial charge in [-0.15, -0.1) is 0 Å². The molecular formula is C19H25FN2O3. The lowest BCUT2D eigenvalue weighted by Gasteiger charge is -2.45. The Bertz CT molecular complexity index is 635. The lowest BCUT2D eigenvalue weighted by Crippen LogP contribution is -2.59. The van der Waals surface area contributed by atoms with Gasteiger partial charge in [-0.1, -0.05) is 12.1 Å². The molecule has 1 aromatic rings. The number of hydrogen-bond acceptors (Lipinski definition) is 4. The zero-order valence-electron chi connectivity index (χ0n) is 14.5. The van der Waals surface area contributed by atoms with Gasteiger partial charge in [-0.25, -0.2) is 4.39 Å². The molecule has 3 aliphatic heterocycles. The summed E-state index contributed by atoms with van der Waals surface area (Å²) in [7, 11) is 0. The molecule has 5 nitrogen and oxygen atoms in total. The van der Waals surface area contributed by atoms with E-state index in [0.717, 1.165) is 24.9 Å². The van der Waals surface area contributed by atoms with Crippen molar-refractivity contribution < 1.29 is 18.7 Å². The molecule has 3 aliphatic rings. The van der Waals surface area contributed by atoms with Crippen molar-refractivity contribution in [1.82, 2.24) is 9.80 Å². The van der Waals surface area contributed by atoms with E-state index in [1.165, 1.54) is 6.07 Å². The quantitative estimate of drug-likeness (QED) is 0.833. The van der Waals surface area contributed by atoms with Crippen molar-refractivity contribution in [3.05, 3.63) is 35.6 Å². The van der Waals surface area contributed by atoms with Gasteiger partial charge >= 0.3 is 0 Å². The van der Waals surface area contributed by atoms with Crippen LogP contribution in [0.25, 0.3) is 0 Å². The van der Waals surface area contributed by atoms with E-state index in [9.17, 15) is 9.18 Å². The zero-order chi connectivity index (χ0) is 17.3. The third kappa shape index (κ3) is 3.30. The second-order valence-corrected chi connectivity index (χ2v) is 7.30. The lowest BCUT2D eigenvalue weighted by molar-refractivity contribution is -0.154. The van der Waals surface area contributed by atoms with Gasteiger partial charge in [-0.05, 0) is 30.5 Å². The van der Waals surface area contributed by atoms with Gasteiger partial charge in [0, 0.05) is 39.3 Å². The summed E-state index contributed by atoms with van der Waals surface area (Å²) in [5.74, 6) is -0.00191. The molecule has 0 N–H and O–H groups in total. The second kappa shape index (κ2) is 7.02. The molecule has 0 bridgehead atoms. The largest absolute Gasteiger partial charge is 0.378 e. The van der Waals surface area contributed by atoms with E-state index in [2.05, 4.69) is 4.90 Å². The predicted octanol–water partition coefficient (Wildman–Crippen LogP) is 1.67. The highest BCUT2D eigenvalue weighted by Crippen LogP contribution is 2.42. The van der Waals surface area contributed by atoms with Gasteiger partial charge in [-0.2, -0.15) is 0 Å². The maximum absolute atomic E-state index is 13.5. The summed E-state index contributed by atoms with van der Waals surface area (Å²) in [6.45, 7) is 5.43. The van der Waals surface area contributed by atoms with Gasteiger partial charge in [0.25, 0.3) is 0 Å². The number of morpholine rings is 1. The standard InChI is InChI=1S/C19H25FN2O3/c20-16-3-1-2-15(12-16)13-21-6-4-17-19(14-21,5-9-25-17)18(23)22-7-10-24-11-8-22/h1-3,12,17H,4-11,13-14H2/t17-,19-/m1/s1. The number of likely N-dealkylation sites (tertiary alicyclic amines) is 1. The summed E-state index contributed by atoms with van der Waals surface area (Å²) >= 11 is 0. The summed E-state index contributed by atoms with van der Waals surface area (Å²) in [6, 6.07) is 6.72. The van der Waals surface area contributed by atoms with Crippen LogP contribution in [0.1, 0.15) is 18.4 Å². The monoisotopic (exact) mass is 348 g/mol. The molecule has 0 radical (unpaired) electrons. The minimum atomic E-state index is -0.455. The molecule has 25 heavy (non-hydrogen) atoms. The van der Waals surface area contributed by atoms with E-state index in [0.29, 0.717) is 46.0 Å². The van der Waals surface area contributed by atoms with Crippen LogP contribution in [0.3, 0.4) is 0 Å². The van der Waals surface area contributed by atoms with Crippen LogP contribution in [0.5, 0.6) is 0 Å². The average molecular weight is 348 g/mol. The number of nitrogens with zero attached hydrogens (tertiary/aromatic N) is 2. The fourth-order valence-corrected chi connectivity index (χ4v) is 4.44. The van der Waals surface area contributed by atoms with Gasteiger partial charge in [-0.3, -0.25) is 9.69 Å². The summed E-state index contributed by atoms with van der Waals surface area (Å²) < 4.78 is 24.8. The molecular weight excluding hydrogens is 323 g/mol. The van der Waals surface area contributed by atoms with Crippen LogP contribution in [0.2, 0.25) is 0 Å². The number of rotatable bonds is 3. The van der Waals surface area contributed by atoms with Gasteiger partial charge in [0.15, 0.2) is 0 Å². The molecule has 6 heteroatoms. The molecule has 1 aromatic carbocycles. The SMILES string of the molecule is O=C(N1CCOCC1)[C@@]12CCO[C@@H]1CCN(Cc1cccc(F)c1)C2. The van der Waals surface area contributed by atoms with Crippen molar-refractivity contribution in [1.29, 1.82) is 0 Å². The highest BCUT2D eigenvalue weighted by molar-refractivity contribution is 5.84. The van der Waals surface area contributed by atoms with Crippen LogP contribution >= 0.6 is 0 Å². The molecule has 0 saturated carbocycles. The van der Waals surface area contributed by atoms with E-state index in [1.54, 1.807) is 12.1 Å². The number of benzene rings is 1.